The zero-order valence-electron chi connectivity index (χ0n) is 7.67. The van der Waals surface area contributed by atoms with Gasteiger partial charge in [-0.25, -0.2) is 0 Å². The summed E-state index contributed by atoms with van der Waals surface area (Å²) in [6, 6.07) is 1.75. The number of ether oxygens (including phenoxy) is 1. The Labute approximate surface area is 94.8 Å². The molecule has 1 aromatic heterocycles. The van der Waals surface area contributed by atoms with Gasteiger partial charge in [0, 0.05) is 15.3 Å². The fourth-order valence-corrected chi connectivity index (χ4v) is 1.62. The fourth-order valence-electron chi connectivity index (χ4n) is 1.01. The maximum Gasteiger partial charge on any atom is 0.310 e. The highest BCUT2D eigenvalue weighted by Crippen LogP contribution is 2.07. The maximum absolute atomic E-state index is 11.3. The number of hydrogen-bond acceptors (Lipinski definition) is 3. The average molecular weight is 307 g/mol. The van der Waals surface area contributed by atoms with Crippen LogP contribution in [0.4, 0.5) is 0 Å². The maximum atomic E-state index is 11.3. The zero-order chi connectivity index (χ0) is 10.6. The molecule has 0 aliphatic heterocycles. The average Bonchev–Trinajstić information content (AvgIpc) is 2.12. The lowest BCUT2D eigenvalue weighted by Crippen LogP contribution is -2.19. The number of rotatable bonds is 3. The molecule has 0 spiro atoms. The van der Waals surface area contributed by atoms with Gasteiger partial charge in [0.15, 0.2) is 0 Å². The molecule has 0 aromatic carbocycles. The van der Waals surface area contributed by atoms with E-state index >= 15 is 0 Å². The van der Waals surface area contributed by atoms with Gasteiger partial charge in [-0.3, -0.25) is 9.59 Å². The molecule has 0 aliphatic rings. The summed E-state index contributed by atoms with van der Waals surface area (Å²) < 4.78 is 5.54. The van der Waals surface area contributed by atoms with Gasteiger partial charge in [-0.15, -0.1) is 0 Å². The van der Waals surface area contributed by atoms with Crippen LogP contribution in [0.25, 0.3) is 0 Å². The largest absolute Gasteiger partial charge is 0.466 e. The van der Waals surface area contributed by atoms with Crippen molar-refractivity contribution in [3.8, 4) is 0 Å². The molecule has 1 N–H and O–H groups in total. The van der Waals surface area contributed by atoms with E-state index < -0.39 is 0 Å². The summed E-state index contributed by atoms with van der Waals surface area (Å²) >= 11 is 2.02. The van der Waals surface area contributed by atoms with Crippen LogP contribution in [0.5, 0.6) is 0 Å². The summed E-state index contributed by atoms with van der Waals surface area (Å²) in [5.41, 5.74) is 0.233. The summed E-state index contributed by atoms with van der Waals surface area (Å²) in [6.07, 6.45) is 1.58. The van der Waals surface area contributed by atoms with Crippen LogP contribution >= 0.6 is 22.6 Å². The molecule has 1 heterocycles. The molecule has 14 heavy (non-hydrogen) atoms. The van der Waals surface area contributed by atoms with Crippen LogP contribution in [0.1, 0.15) is 12.5 Å². The molecule has 1 rings (SSSR count). The monoisotopic (exact) mass is 307 g/mol. The Bertz CT molecular complexity index is 386. The standard InChI is InChI=1S/C9H10INO3/c1-2-14-8(12)5-6-7(10)3-4-11-9(6)13/h3-4H,2,5H2,1H3,(H,11,13). The molecule has 0 unspecified atom stereocenters. The molecule has 4 nitrogen and oxygen atoms in total. The number of hydrogen-bond donors (Lipinski definition) is 1. The van der Waals surface area contributed by atoms with Gasteiger partial charge >= 0.3 is 5.97 Å². The van der Waals surface area contributed by atoms with Gasteiger partial charge in [0.1, 0.15) is 0 Å². The number of pyridine rings is 1. The first-order valence-corrected chi connectivity index (χ1v) is 5.24. The molecule has 0 saturated carbocycles. The lowest BCUT2D eigenvalue weighted by molar-refractivity contribution is -0.142. The number of esters is 1. The second-order valence-corrected chi connectivity index (χ2v) is 3.78. The van der Waals surface area contributed by atoms with Crippen molar-refractivity contribution in [2.75, 3.05) is 6.61 Å². The molecule has 0 radical (unpaired) electrons. The van der Waals surface area contributed by atoms with E-state index in [9.17, 15) is 9.59 Å². The predicted molar refractivity (Wildman–Crippen MR) is 60.1 cm³/mol. The molecule has 0 atom stereocenters. The summed E-state index contributed by atoms with van der Waals surface area (Å²) in [5, 5.41) is 0. The lowest BCUT2D eigenvalue weighted by Gasteiger charge is -2.02. The molecule has 0 saturated heterocycles. The zero-order valence-corrected chi connectivity index (χ0v) is 9.83. The van der Waals surface area contributed by atoms with Gasteiger partial charge in [0.05, 0.1) is 13.0 Å². The van der Waals surface area contributed by atoms with E-state index in [0.717, 1.165) is 3.57 Å². The minimum absolute atomic E-state index is 0.0300. The van der Waals surface area contributed by atoms with Crippen LogP contribution in [0, 0.1) is 3.57 Å². The Morgan fingerprint density at radius 1 is 1.64 bits per heavy atom. The minimum Gasteiger partial charge on any atom is -0.466 e. The first-order valence-electron chi connectivity index (χ1n) is 4.16. The SMILES string of the molecule is CCOC(=O)Cc1c(I)cc[nH]c1=O. The van der Waals surface area contributed by atoms with Gasteiger partial charge in [-0.2, -0.15) is 0 Å². The Balaban J connectivity index is 2.86. The van der Waals surface area contributed by atoms with E-state index in [-0.39, 0.29) is 17.9 Å². The van der Waals surface area contributed by atoms with Gasteiger partial charge < -0.3 is 9.72 Å². The number of nitrogens with one attached hydrogen (secondary N) is 1. The topological polar surface area (TPSA) is 59.2 Å². The van der Waals surface area contributed by atoms with Crippen molar-refractivity contribution < 1.29 is 9.53 Å². The van der Waals surface area contributed by atoms with Crippen LogP contribution in [0.3, 0.4) is 0 Å². The normalized spacial score (nSPS) is 9.86. The fraction of sp³-hybridized carbons (Fsp3) is 0.333. The number of H-pyrrole nitrogens is 1. The summed E-state index contributed by atoms with van der Waals surface area (Å²) in [5.74, 6) is -0.373. The molecule has 5 heteroatoms. The van der Waals surface area contributed by atoms with E-state index in [2.05, 4.69) is 4.98 Å². The van der Waals surface area contributed by atoms with Crippen molar-refractivity contribution in [1.82, 2.24) is 4.98 Å². The van der Waals surface area contributed by atoms with E-state index in [1.807, 2.05) is 22.6 Å². The second-order valence-electron chi connectivity index (χ2n) is 2.62. The Morgan fingerprint density at radius 2 is 2.36 bits per heavy atom. The summed E-state index contributed by atoms with van der Waals surface area (Å²) in [6.45, 7) is 2.07. The predicted octanol–water partition coefficient (Wildman–Crippen LogP) is 1.09. The van der Waals surface area contributed by atoms with Crippen LogP contribution in [-0.2, 0) is 16.0 Å². The quantitative estimate of drug-likeness (QED) is 0.672. The number of carbonyl (C=O) groups is 1. The first kappa shape index (κ1) is 11.2. The van der Waals surface area contributed by atoms with Crippen molar-refractivity contribution in [2.45, 2.75) is 13.3 Å². The van der Waals surface area contributed by atoms with Gasteiger partial charge in [-0.05, 0) is 35.6 Å². The van der Waals surface area contributed by atoms with E-state index in [4.69, 9.17) is 4.74 Å². The van der Waals surface area contributed by atoms with Crippen molar-refractivity contribution in [1.29, 1.82) is 0 Å². The smallest absolute Gasteiger partial charge is 0.310 e. The highest BCUT2D eigenvalue weighted by Gasteiger charge is 2.10. The highest BCUT2D eigenvalue weighted by molar-refractivity contribution is 14.1. The summed E-state index contributed by atoms with van der Waals surface area (Å²) in [4.78, 5) is 25.0. The number of carbonyl (C=O) groups excluding carboxylic acids is 1. The van der Waals surface area contributed by atoms with E-state index in [1.165, 1.54) is 0 Å². The summed E-state index contributed by atoms with van der Waals surface area (Å²) in [7, 11) is 0. The first-order chi connectivity index (χ1) is 6.65. The molecule has 0 amide bonds. The molecular weight excluding hydrogens is 297 g/mol. The third-order valence-electron chi connectivity index (χ3n) is 1.63. The Morgan fingerprint density at radius 3 is 2.93 bits per heavy atom. The van der Waals surface area contributed by atoms with Crippen LogP contribution in [0.15, 0.2) is 17.1 Å². The van der Waals surface area contributed by atoms with E-state index in [1.54, 1.807) is 19.2 Å². The Kier molecular flexibility index (Phi) is 4.12. The minimum atomic E-state index is -0.373. The second kappa shape index (κ2) is 5.14. The lowest BCUT2D eigenvalue weighted by atomic mass is 10.2. The molecule has 0 bridgehead atoms. The molecule has 0 aliphatic carbocycles. The van der Waals surface area contributed by atoms with Crippen LogP contribution in [0.2, 0.25) is 0 Å². The molecule has 0 fully saturated rings. The van der Waals surface area contributed by atoms with Crippen LogP contribution < -0.4 is 5.56 Å². The van der Waals surface area contributed by atoms with E-state index in [0.29, 0.717) is 12.2 Å². The number of aromatic nitrogens is 1. The number of halogens is 1. The Hall–Kier alpha value is -0.850. The van der Waals surface area contributed by atoms with Gasteiger partial charge in [0.25, 0.3) is 5.56 Å². The highest BCUT2D eigenvalue weighted by atomic mass is 127. The van der Waals surface area contributed by atoms with Gasteiger partial charge in [0.2, 0.25) is 0 Å². The number of aromatic amines is 1. The third-order valence-corrected chi connectivity index (χ3v) is 2.64. The molecule has 76 valence electrons. The molecular formula is C9H10INO3. The van der Waals surface area contributed by atoms with Crippen molar-refractivity contribution in [3.63, 3.8) is 0 Å². The van der Waals surface area contributed by atoms with Crippen LogP contribution in [-0.4, -0.2) is 17.6 Å². The third kappa shape index (κ3) is 2.83. The van der Waals surface area contributed by atoms with Gasteiger partial charge in [-0.1, -0.05) is 0 Å². The van der Waals surface area contributed by atoms with Crippen molar-refractivity contribution in [3.05, 3.63) is 31.8 Å². The van der Waals surface area contributed by atoms with Crippen molar-refractivity contribution >= 4 is 28.6 Å². The molecule has 1 aromatic rings. The van der Waals surface area contributed by atoms with Crippen molar-refractivity contribution in [2.24, 2.45) is 0 Å².